The topological polar surface area (TPSA) is 34.1 Å². The Kier molecular flexibility index (Phi) is 4.73. The van der Waals surface area contributed by atoms with Crippen LogP contribution in [0.25, 0.3) is 0 Å². The molecule has 1 unspecified atom stereocenters. The van der Waals surface area contributed by atoms with Gasteiger partial charge in [-0.2, -0.15) is 0 Å². The molecule has 2 heteroatoms. The van der Waals surface area contributed by atoms with Gasteiger partial charge in [0.25, 0.3) is 0 Å². The monoisotopic (exact) mass is 182 g/mol. The van der Waals surface area contributed by atoms with Gasteiger partial charge >= 0.3 is 0 Å². The normalized spacial score (nSPS) is 26.8. The molecule has 1 saturated carbocycles. The lowest BCUT2D eigenvalue weighted by atomic mass is 9.92. The minimum atomic E-state index is -0.293. The molecular weight excluding hydrogens is 164 g/mol. The zero-order valence-corrected chi connectivity index (χ0v) is 8.13. The average Bonchev–Trinajstić information content (AvgIpc) is 2.16. The van der Waals surface area contributed by atoms with Crippen LogP contribution in [0.2, 0.25) is 0 Å². The maximum atomic E-state index is 11.4. The van der Waals surface area contributed by atoms with Crippen LogP contribution in [-0.4, -0.2) is 12.1 Å². The van der Waals surface area contributed by atoms with Gasteiger partial charge in [-0.15, -0.1) is 0 Å². The standard InChI is InChI=1S/C11H18O2/c12-9-10-7-5-3-1-2-4-6-8-11(10)13/h9-10H,1-8H2. The molecule has 0 heterocycles. The zero-order valence-electron chi connectivity index (χ0n) is 8.13. The van der Waals surface area contributed by atoms with Crippen LogP contribution in [0.1, 0.15) is 51.4 Å². The second-order valence-corrected chi connectivity index (χ2v) is 3.87. The van der Waals surface area contributed by atoms with Crippen molar-refractivity contribution < 1.29 is 9.59 Å². The van der Waals surface area contributed by atoms with E-state index >= 15 is 0 Å². The molecule has 1 fully saturated rings. The Hall–Kier alpha value is -0.660. The third kappa shape index (κ3) is 3.71. The molecule has 13 heavy (non-hydrogen) atoms. The summed E-state index contributed by atoms with van der Waals surface area (Å²) in [6, 6.07) is 0. The minimum Gasteiger partial charge on any atom is -0.303 e. The van der Waals surface area contributed by atoms with Gasteiger partial charge in [0, 0.05) is 6.42 Å². The predicted molar refractivity (Wildman–Crippen MR) is 51.5 cm³/mol. The fraction of sp³-hybridized carbons (Fsp3) is 0.818. The van der Waals surface area contributed by atoms with Crippen molar-refractivity contribution in [2.24, 2.45) is 5.92 Å². The molecule has 2 nitrogen and oxygen atoms in total. The first-order chi connectivity index (χ1) is 6.34. The highest BCUT2D eigenvalue weighted by molar-refractivity contribution is 5.93. The van der Waals surface area contributed by atoms with Gasteiger partial charge < -0.3 is 4.79 Å². The van der Waals surface area contributed by atoms with Crippen molar-refractivity contribution in [1.82, 2.24) is 0 Å². The second-order valence-electron chi connectivity index (χ2n) is 3.87. The molecule has 1 rings (SSSR count). The Morgan fingerprint density at radius 1 is 1.00 bits per heavy atom. The molecule has 0 amide bonds. The van der Waals surface area contributed by atoms with E-state index in [-0.39, 0.29) is 11.7 Å². The van der Waals surface area contributed by atoms with E-state index in [9.17, 15) is 9.59 Å². The van der Waals surface area contributed by atoms with Gasteiger partial charge in [-0.25, -0.2) is 0 Å². The molecule has 0 aromatic heterocycles. The van der Waals surface area contributed by atoms with E-state index in [4.69, 9.17) is 0 Å². The summed E-state index contributed by atoms with van der Waals surface area (Å²) in [5.74, 6) is -0.130. The molecule has 0 aromatic rings. The third-order valence-corrected chi connectivity index (χ3v) is 2.77. The molecule has 0 spiro atoms. The lowest BCUT2D eigenvalue weighted by Gasteiger charge is -2.11. The number of hydrogen-bond donors (Lipinski definition) is 0. The quantitative estimate of drug-likeness (QED) is 0.461. The van der Waals surface area contributed by atoms with E-state index in [2.05, 4.69) is 0 Å². The Morgan fingerprint density at radius 3 is 2.31 bits per heavy atom. The van der Waals surface area contributed by atoms with E-state index in [1.807, 2.05) is 0 Å². The van der Waals surface area contributed by atoms with Gasteiger partial charge in [-0.1, -0.05) is 32.1 Å². The molecule has 0 radical (unpaired) electrons. The van der Waals surface area contributed by atoms with E-state index in [0.29, 0.717) is 6.42 Å². The molecule has 1 aliphatic carbocycles. The number of Topliss-reactive ketones (excluding diaryl/α,β-unsaturated/α-hetero) is 1. The van der Waals surface area contributed by atoms with E-state index in [0.717, 1.165) is 32.0 Å². The summed E-state index contributed by atoms with van der Waals surface area (Å²) in [6.07, 6.45) is 9.09. The van der Waals surface area contributed by atoms with E-state index in [1.165, 1.54) is 19.3 Å². The SMILES string of the molecule is O=CC1CCCCCCCCC1=O. The van der Waals surface area contributed by atoms with Crippen LogP contribution in [-0.2, 0) is 9.59 Å². The van der Waals surface area contributed by atoms with Crippen LogP contribution in [0.3, 0.4) is 0 Å². The van der Waals surface area contributed by atoms with Crippen molar-refractivity contribution in [3.63, 3.8) is 0 Å². The number of carbonyl (C=O) groups is 2. The van der Waals surface area contributed by atoms with Gasteiger partial charge in [0.2, 0.25) is 0 Å². The summed E-state index contributed by atoms with van der Waals surface area (Å²) >= 11 is 0. The smallest absolute Gasteiger partial charge is 0.143 e. The largest absolute Gasteiger partial charge is 0.303 e. The number of hydrogen-bond acceptors (Lipinski definition) is 2. The second kappa shape index (κ2) is 5.90. The molecule has 0 bridgehead atoms. The van der Waals surface area contributed by atoms with Crippen LogP contribution in [0.4, 0.5) is 0 Å². The van der Waals surface area contributed by atoms with Gasteiger partial charge in [0.05, 0.1) is 5.92 Å². The average molecular weight is 182 g/mol. The summed E-state index contributed by atoms with van der Waals surface area (Å²) in [6.45, 7) is 0. The van der Waals surface area contributed by atoms with Crippen molar-refractivity contribution >= 4 is 12.1 Å². The highest BCUT2D eigenvalue weighted by atomic mass is 16.1. The molecule has 0 aliphatic heterocycles. The fourth-order valence-electron chi connectivity index (χ4n) is 1.86. The van der Waals surface area contributed by atoms with Crippen LogP contribution >= 0.6 is 0 Å². The lowest BCUT2D eigenvalue weighted by Crippen LogP contribution is -2.16. The summed E-state index contributed by atoms with van der Waals surface area (Å²) < 4.78 is 0. The number of rotatable bonds is 1. The van der Waals surface area contributed by atoms with Crippen LogP contribution in [0, 0.1) is 5.92 Å². The molecule has 0 saturated heterocycles. The van der Waals surface area contributed by atoms with Gasteiger partial charge in [-0.05, 0) is 12.8 Å². The number of aldehydes is 1. The van der Waals surface area contributed by atoms with Crippen LogP contribution in [0.15, 0.2) is 0 Å². The molecule has 0 aromatic carbocycles. The Morgan fingerprint density at radius 2 is 1.62 bits per heavy atom. The van der Waals surface area contributed by atoms with Crippen LogP contribution < -0.4 is 0 Å². The summed E-state index contributed by atoms with van der Waals surface area (Å²) in [5, 5.41) is 0. The molecule has 74 valence electrons. The van der Waals surface area contributed by atoms with Crippen molar-refractivity contribution in [3.05, 3.63) is 0 Å². The van der Waals surface area contributed by atoms with Crippen molar-refractivity contribution in [2.75, 3.05) is 0 Å². The summed E-state index contributed by atoms with van der Waals surface area (Å²) in [5.41, 5.74) is 0. The lowest BCUT2D eigenvalue weighted by molar-refractivity contribution is -0.127. The minimum absolute atomic E-state index is 0.164. The summed E-state index contributed by atoms with van der Waals surface area (Å²) in [4.78, 5) is 22.0. The first kappa shape index (κ1) is 10.4. The Bertz CT molecular complexity index is 175. The third-order valence-electron chi connectivity index (χ3n) is 2.77. The zero-order chi connectivity index (χ0) is 9.52. The van der Waals surface area contributed by atoms with Gasteiger partial charge in [0.15, 0.2) is 0 Å². The Balaban J connectivity index is 2.41. The number of carbonyl (C=O) groups excluding carboxylic acids is 2. The maximum Gasteiger partial charge on any atom is 0.143 e. The first-order valence-corrected chi connectivity index (χ1v) is 5.32. The molecule has 0 N–H and O–H groups in total. The first-order valence-electron chi connectivity index (χ1n) is 5.32. The van der Waals surface area contributed by atoms with Gasteiger partial charge in [0.1, 0.15) is 12.1 Å². The van der Waals surface area contributed by atoms with E-state index in [1.54, 1.807) is 0 Å². The van der Waals surface area contributed by atoms with Crippen molar-refractivity contribution in [1.29, 1.82) is 0 Å². The summed E-state index contributed by atoms with van der Waals surface area (Å²) in [7, 11) is 0. The molecule has 1 atom stereocenters. The predicted octanol–water partition coefficient (Wildman–Crippen LogP) is 2.51. The maximum absolute atomic E-state index is 11.4. The van der Waals surface area contributed by atoms with Crippen molar-refractivity contribution in [2.45, 2.75) is 51.4 Å². The van der Waals surface area contributed by atoms with Gasteiger partial charge in [-0.3, -0.25) is 4.79 Å². The van der Waals surface area contributed by atoms with Crippen LogP contribution in [0.5, 0.6) is 0 Å². The highest BCUT2D eigenvalue weighted by Crippen LogP contribution is 2.17. The fourth-order valence-corrected chi connectivity index (χ4v) is 1.86. The Labute approximate surface area is 79.7 Å². The number of ketones is 1. The van der Waals surface area contributed by atoms with E-state index < -0.39 is 0 Å². The molecular formula is C11H18O2. The molecule has 1 aliphatic rings. The van der Waals surface area contributed by atoms with Crippen molar-refractivity contribution in [3.8, 4) is 0 Å². The highest BCUT2D eigenvalue weighted by Gasteiger charge is 2.17.